The van der Waals surface area contributed by atoms with Crippen molar-refractivity contribution < 1.29 is 13.5 Å². The Kier molecular flexibility index (Phi) is 4.71. The maximum atomic E-state index is 12.1. The van der Waals surface area contributed by atoms with Crippen LogP contribution in [-0.2, 0) is 10.0 Å². The summed E-state index contributed by atoms with van der Waals surface area (Å²) >= 11 is 2.86. The monoisotopic (exact) mass is 416 g/mol. The van der Waals surface area contributed by atoms with Gasteiger partial charge in [-0.2, -0.15) is 0 Å². The highest BCUT2D eigenvalue weighted by Gasteiger charge is 2.17. The molecule has 27 heavy (non-hydrogen) atoms. The zero-order chi connectivity index (χ0) is 19.0. The van der Waals surface area contributed by atoms with Crippen molar-refractivity contribution in [1.29, 1.82) is 0 Å². The highest BCUT2D eigenvalue weighted by molar-refractivity contribution is 8.01. The Morgan fingerprint density at radius 1 is 1.11 bits per heavy atom. The third kappa shape index (κ3) is 3.60. The van der Waals surface area contributed by atoms with E-state index < -0.39 is 10.0 Å². The molecule has 0 saturated heterocycles. The lowest BCUT2D eigenvalue weighted by Gasteiger charge is -2.13. The van der Waals surface area contributed by atoms with Gasteiger partial charge >= 0.3 is 0 Å². The van der Waals surface area contributed by atoms with E-state index in [1.165, 1.54) is 23.1 Å². The topological polar surface area (TPSA) is 79.3 Å². The molecule has 0 radical (unpaired) electrons. The van der Waals surface area contributed by atoms with Crippen LogP contribution in [0.15, 0.2) is 63.8 Å². The second-order valence-electron chi connectivity index (χ2n) is 5.87. The van der Waals surface area contributed by atoms with Crippen molar-refractivity contribution in [2.75, 3.05) is 10.5 Å². The Hall–Kier alpha value is -2.29. The SMILES string of the molecule is CCS(=O)(=O)Nc1cc(Sc2nc3ccccc3s2)c(O)c2ccccc12. The van der Waals surface area contributed by atoms with Crippen LogP contribution in [0.25, 0.3) is 21.0 Å². The van der Waals surface area contributed by atoms with Gasteiger partial charge in [0.25, 0.3) is 0 Å². The first-order chi connectivity index (χ1) is 13.0. The van der Waals surface area contributed by atoms with E-state index in [0.29, 0.717) is 21.4 Å². The quantitative estimate of drug-likeness (QED) is 0.444. The molecular formula is C19H16N2O3S3. The average Bonchev–Trinajstić information content (AvgIpc) is 3.08. The van der Waals surface area contributed by atoms with E-state index in [-0.39, 0.29) is 11.5 Å². The molecule has 0 aliphatic carbocycles. The molecule has 0 amide bonds. The fourth-order valence-corrected chi connectivity index (χ4v) is 5.49. The first-order valence-corrected chi connectivity index (χ1v) is 11.5. The van der Waals surface area contributed by atoms with Crippen molar-refractivity contribution in [2.24, 2.45) is 0 Å². The van der Waals surface area contributed by atoms with E-state index >= 15 is 0 Å². The number of fused-ring (bicyclic) bond motifs is 2. The van der Waals surface area contributed by atoms with E-state index in [4.69, 9.17) is 0 Å². The number of anilines is 1. The molecule has 1 heterocycles. The molecule has 0 saturated carbocycles. The first-order valence-electron chi connectivity index (χ1n) is 8.25. The van der Waals surface area contributed by atoms with E-state index in [9.17, 15) is 13.5 Å². The van der Waals surface area contributed by atoms with E-state index in [2.05, 4.69) is 9.71 Å². The number of phenolic OH excluding ortho intramolecular Hbond substituents is 1. The number of hydrogen-bond donors (Lipinski definition) is 2. The Labute approximate surface area is 165 Å². The highest BCUT2D eigenvalue weighted by atomic mass is 32.2. The number of rotatable bonds is 5. The molecule has 0 spiro atoms. The highest BCUT2D eigenvalue weighted by Crippen LogP contribution is 2.44. The fraction of sp³-hybridized carbons (Fsp3) is 0.105. The lowest BCUT2D eigenvalue weighted by atomic mass is 10.1. The van der Waals surface area contributed by atoms with Gasteiger partial charge in [0.2, 0.25) is 10.0 Å². The van der Waals surface area contributed by atoms with Gasteiger partial charge in [0.1, 0.15) is 5.75 Å². The summed E-state index contributed by atoms with van der Waals surface area (Å²) in [5.41, 5.74) is 1.35. The van der Waals surface area contributed by atoms with Gasteiger partial charge < -0.3 is 5.11 Å². The van der Waals surface area contributed by atoms with Crippen LogP contribution in [0.3, 0.4) is 0 Å². The maximum absolute atomic E-state index is 12.1. The van der Waals surface area contributed by atoms with Gasteiger partial charge in [-0.15, -0.1) is 11.3 Å². The van der Waals surface area contributed by atoms with Crippen molar-refractivity contribution in [3.63, 3.8) is 0 Å². The summed E-state index contributed by atoms with van der Waals surface area (Å²) in [6.07, 6.45) is 0. The van der Waals surface area contributed by atoms with Crippen LogP contribution >= 0.6 is 23.1 Å². The predicted octanol–water partition coefficient (Wildman–Crippen LogP) is 5.07. The molecule has 0 aliphatic rings. The Morgan fingerprint density at radius 2 is 1.81 bits per heavy atom. The number of thiazole rings is 1. The molecule has 0 atom stereocenters. The summed E-state index contributed by atoms with van der Waals surface area (Å²) in [6.45, 7) is 1.59. The molecule has 0 bridgehead atoms. The minimum Gasteiger partial charge on any atom is -0.506 e. The Balaban J connectivity index is 1.83. The standard InChI is InChI=1S/C19H16N2O3S3/c1-2-27(23,24)21-15-11-17(18(22)13-8-4-3-7-12(13)15)26-19-20-14-9-5-6-10-16(14)25-19/h3-11,21-22H,2H2,1H3. The number of nitrogens with zero attached hydrogens (tertiary/aromatic N) is 1. The molecule has 8 heteroatoms. The Morgan fingerprint density at radius 3 is 2.56 bits per heavy atom. The first kappa shape index (κ1) is 18.1. The summed E-state index contributed by atoms with van der Waals surface area (Å²) in [5.74, 6) is 0.0945. The lowest BCUT2D eigenvalue weighted by Crippen LogP contribution is -2.14. The molecule has 0 fully saturated rings. The molecule has 5 nitrogen and oxygen atoms in total. The number of nitrogens with one attached hydrogen (secondary N) is 1. The molecule has 2 N–H and O–H groups in total. The van der Waals surface area contributed by atoms with Gasteiger partial charge in [-0.3, -0.25) is 4.72 Å². The lowest BCUT2D eigenvalue weighted by molar-refractivity contribution is 0.469. The van der Waals surface area contributed by atoms with Gasteiger partial charge in [0.05, 0.1) is 26.6 Å². The van der Waals surface area contributed by atoms with Crippen molar-refractivity contribution in [2.45, 2.75) is 16.2 Å². The summed E-state index contributed by atoms with van der Waals surface area (Å²) in [7, 11) is -3.44. The van der Waals surface area contributed by atoms with Crippen molar-refractivity contribution in [1.82, 2.24) is 4.98 Å². The number of phenols is 1. The number of benzene rings is 3. The minimum atomic E-state index is -3.44. The second kappa shape index (κ2) is 7.03. The molecular weight excluding hydrogens is 400 g/mol. The molecule has 0 aliphatic heterocycles. The van der Waals surface area contributed by atoms with E-state index in [0.717, 1.165) is 14.6 Å². The number of para-hydroxylation sites is 1. The normalized spacial score (nSPS) is 11.9. The van der Waals surface area contributed by atoms with Gasteiger partial charge in [0.15, 0.2) is 4.34 Å². The van der Waals surface area contributed by atoms with Crippen LogP contribution in [0.2, 0.25) is 0 Å². The average molecular weight is 417 g/mol. The van der Waals surface area contributed by atoms with Crippen molar-refractivity contribution in [3.8, 4) is 5.75 Å². The molecule has 3 aromatic carbocycles. The Bertz CT molecular complexity index is 1220. The summed E-state index contributed by atoms with van der Waals surface area (Å²) < 4.78 is 28.7. The number of aromatic nitrogens is 1. The minimum absolute atomic E-state index is 0.0252. The van der Waals surface area contributed by atoms with Crippen LogP contribution in [0.1, 0.15) is 6.92 Å². The number of sulfonamides is 1. The smallest absolute Gasteiger partial charge is 0.232 e. The van der Waals surface area contributed by atoms with Gasteiger partial charge in [-0.25, -0.2) is 13.4 Å². The van der Waals surface area contributed by atoms with Crippen LogP contribution in [0.5, 0.6) is 5.75 Å². The van der Waals surface area contributed by atoms with Crippen molar-refractivity contribution in [3.05, 3.63) is 54.6 Å². The van der Waals surface area contributed by atoms with Gasteiger partial charge in [-0.1, -0.05) is 48.2 Å². The zero-order valence-electron chi connectivity index (χ0n) is 14.3. The fourth-order valence-electron chi connectivity index (χ4n) is 2.73. The maximum Gasteiger partial charge on any atom is 0.232 e. The second-order valence-corrected chi connectivity index (χ2v) is 10.2. The van der Waals surface area contributed by atoms with Crippen LogP contribution in [0, 0.1) is 0 Å². The number of hydrogen-bond acceptors (Lipinski definition) is 6. The number of aromatic hydroxyl groups is 1. The summed E-state index contributed by atoms with van der Waals surface area (Å²) in [4.78, 5) is 5.14. The van der Waals surface area contributed by atoms with Crippen LogP contribution in [0.4, 0.5) is 5.69 Å². The predicted molar refractivity (Wildman–Crippen MR) is 112 cm³/mol. The van der Waals surface area contributed by atoms with Crippen LogP contribution in [-0.4, -0.2) is 24.3 Å². The third-order valence-electron chi connectivity index (χ3n) is 4.10. The molecule has 4 rings (SSSR count). The van der Waals surface area contributed by atoms with Crippen molar-refractivity contribution >= 4 is 59.8 Å². The van der Waals surface area contributed by atoms with Gasteiger partial charge in [-0.05, 0) is 25.1 Å². The largest absolute Gasteiger partial charge is 0.506 e. The van der Waals surface area contributed by atoms with E-state index in [1.807, 2.05) is 36.4 Å². The molecule has 1 aromatic heterocycles. The van der Waals surface area contributed by atoms with Gasteiger partial charge in [0, 0.05) is 10.8 Å². The molecule has 0 unspecified atom stereocenters. The molecule has 4 aromatic rings. The molecule has 138 valence electrons. The summed E-state index contributed by atoms with van der Waals surface area (Å²) in [6, 6.07) is 16.7. The summed E-state index contributed by atoms with van der Waals surface area (Å²) in [5, 5.41) is 12.0. The zero-order valence-corrected chi connectivity index (χ0v) is 16.8. The van der Waals surface area contributed by atoms with Crippen LogP contribution < -0.4 is 4.72 Å². The third-order valence-corrected chi connectivity index (χ3v) is 7.52. The van der Waals surface area contributed by atoms with E-state index in [1.54, 1.807) is 25.1 Å².